The van der Waals surface area contributed by atoms with E-state index >= 15 is 0 Å². The van der Waals surface area contributed by atoms with E-state index in [-0.39, 0.29) is 11.9 Å². The zero-order chi connectivity index (χ0) is 15.9. The lowest BCUT2D eigenvalue weighted by Gasteiger charge is -2.26. The summed E-state index contributed by atoms with van der Waals surface area (Å²) in [6, 6.07) is 11.6. The molecule has 1 saturated carbocycles. The smallest absolute Gasteiger partial charge is 0.230 e. The largest absolute Gasteiger partial charge is 0.353 e. The van der Waals surface area contributed by atoms with Gasteiger partial charge in [0.15, 0.2) is 0 Å². The van der Waals surface area contributed by atoms with Crippen molar-refractivity contribution in [2.24, 2.45) is 5.92 Å². The Labute approximate surface area is 131 Å². The summed E-state index contributed by atoms with van der Waals surface area (Å²) >= 11 is 0. The second-order valence-corrected chi connectivity index (χ2v) is 5.97. The van der Waals surface area contributed by atoms with Gasteiger partial charge in [0.05, 0.1) is 18.1 Å². The molecule has 1 fully saturated rings. The van der Waals surface area contributed by atoms with Crippen LogP contribution in [-0.4, -0.2) is 11.9 Å². The van der Waals surface area contributed by atoms with Gasteiger partial charge in [-0.2, -0.15) is 10.5 Å². The van der Waals surface area contributed by atoms with Crippen molar-refractivity contribution in [3.63, 3.8) is 0 Å². The Balaban J connectivity index is 2.20. The Bertz CT molecular complexity index is 574. The third-order valence-corrected chi connectivity index (χ3v) is 4.28. The number of hydrogen-bond acceptors (Lipinski definition) is 3. The van der Waals surface area contributed by atoms with E-state index in [9.17, 15) is 15.3 Å². The van der Waals surface area contributed by atoms with Gasteiger partial charge in [-0.1, -0.05) is 49.1 Å². The molecule has 1 aliphatic carbocycles. The number of rotatable bonds is 4. The summed E-state index contributed by atoms with van der Waals surface area (Å²) in [4.78, 5) is 12.6. The number of carbonyl (C=O) groups excluding carboxylic acids is 1. The summed E-state index contributed by atoms with van der Waals surface area (Å²) in [6.45, 7) is 1.97. The minimum absolute atomic E-state index is 0.173. The standard InChI is InChI=1S/C18H21N3O/c1-13-7-9-14(10-8-13)17(15(11-19)12-20)18(22)21-16-5-3-2-4-6-16/h7-10,15-17H,2-6H2,1H3,(H,21,22). The fourth-order valence-corrected chi connectivity index (χ4v) is 2.98. The summed E-state index contributed by atoms with van der Waals surface area (Å²) in [5.41, 5.74) is 1.81. The Hall–Kier alpha value is -2.33. The monoisotopic (exact) mass is 295 g/mol. The molecule has 1 N–H and O–H groups in total. The van der Waals surface area contributed by atoms with Crippen molar-refractivity contribution in [1.29, 1.82) is 10.5 Å². The van der Waals surface area contributed by atoms with Gasteiger partial charge in [0, 0.05) is 6.04 Å². The molecule has 22 heavy (non-hydrogen) atoms. The minimum atomic E-state index is -0.966. The van der Waals surface area contributed by atoms with Gasteiger partial charge in [-0.3, -0.25) is 4.79 Å². The molecule has 1 aromatic carbocycles. The molecule has 0 bridgehead atoms. The summed E-state index contributed by atoms with van der Waals surface area (Å²) < 4.78 is 0. The van der Waals surface area contributed by atoms with E-state index in [1.165, 1.54) is 6.42 Å². The van der Waals surface area contributed by atoms with Crippen LogP contribution in [0.4, 0.5) is 0 Å². The molecule has 0 heterocycles. The van der Waals surface area contributed by atoms with Gasteiger partial charge in [0.2, 0.25) is 5.91 Å². The average molecular weight is 295 g/mol. The highest BCUT2D eigenvalue weighted by Gasteiger charge is 2.31. The molecular formula is C18H21N3O. The Morgan fingerprint density at radius 1 is 1.14 bits per heavy atom. The number of carbonyl (C=O) groups is 1. The number of nitrogens with one attached hydrogen (secondary N) is 1. The molecule has 0 spiro atoms. The van der Waals surface area contributed by atoms with Crippen LogP contribution < -0.4 is 5.32 Å². The van der Waals surface area contributed by atoms with E-state index < -0.39 is 11.8 Å². The summed E-state index contributed by atoms with van der Waals surface area (Å²) in [5, 5.41) is 21.5. The van der Waals surface area contributed by atoms with Gasteiger partial charge < -0.3 is 5.32 Å². The number of nitrogens with zero attached hydrogens (tertiary/aromatic N) is 2. The van der Waals surface area contributed by atoms with Crippen molar-refractivity contribution < 1.29 is 4.79 Å². The molecule has 0 aliphatic heterocycles. The molecule has 0 aromatic heterocycles. The Morgan fingerprint density at radius 2 is 1.73 bits per heavy atom. The molecule has 1 amide bonds. The molecule has 1 aliphatic rings. The van der Waals surface area contributed by atoms with Crippen LogP contribution in [0.2, 0.25) is 0 Å². The van der Waals surface area contributed by atoms with Crippen molar-refractivity contribution in [2.45, 2.75) is 51.0 Å². The first kappa shape index (κ1) is 16.0. The first-order chi connectivity index (χ1) is 10.7. The van der Waals surface area contributed by atoms with Crippen molar-refractivity contribution in [1.82, 2.24) is 5.32 Å². The number of benzene rings is 1. The SMILES string of the molecule is Cc1ccc(C(C(=O)NC2CCCCC2)C(C#N)C#N)cc1. The van der Waals surface area contributed by atoms with Gasteiger partial charge >= 0.3 is 0 Å². The molecule has 4 nitrogen and oxygen atoms in total. The molecular weight excluding hydrogens is 274 g/mol. The van der Waals surface area contributed by atoms with Crippen LogP contribution in [0.1, 0.15) is 49.1 Å². The highest BCUT2D eigenvalue weighted by molar-refractivity contribution is 5.85. The van der Waals surface area contributed by atoms with Gasteiger partial charge in [-0.05, 0) is 25.3 Å². The van der Waals surface area contributed by atoms with Crippen LogP contribution >= 0.6 is 0 Å². The van der Waals surface area contributed by atoms with Crippen molar-refractivity contribution >= 4 is 5.91 Å². The van der Waals surface area contributed by atoms with Crippen molar-refractivity contribution in [3.8, 4) is 12.1 Å². The second kappa shape index (κ2) is 7.61. The number of hydrogen-bond donors (Lipinski definition) is 1. The van der Waals surface area contributed by atoms with Gasteiger partial charge in [-0.25, -0.2) is 0 Å². The van der Waals surface area contributed by atoms with Crippen LogP contribution in [0.3, 0.4) is 0 Å². The summed E-state index contributed by atoms with van der Waals surface area (Å²) in [5.74, 6) is -1.90. The maximum Gasteiger partial charge on any atom is 0.230 e. The normalized spacial score (nSPS) is 16.5. The topological polar surface area (TPSA) is 76.7 Å². The molecule has 0 saturated heterocycles. The van der Waals surface area contributed by atoms with Gasteiger partial charge in [0.1, 0.15) is 5.92 Å². The molecule has 1 atom stereocenters. The van der Waals surface area contributed by atoms with Crippen LogP contribution in [0.25, 0.3) is 0 Å². The lowest BCUT2D eigenvalue weighted by atomic mass is 9.85. The third-order valence-electron chi connectivity index (χ3n) is 4.28. The van der Waals surface area contributed by atoms with E-state index in [4.69, 9.17) is 0 Å². The van der Waals surface area contributed by atoms with Crippen LogP contribution in [0, 0.1) is 35.5 Å². The lowest BCUT2D eigenvalue weighted by molar-refractivity contribution is -0.123. The first-order valence-corrected chi connectivity index (χ1v) is 7.82. The molecule has 2 rings (SSSR count). The maximum absolute atomic E-state index is 12.6. The van der Waals surface area contributed by atoms with E-state index in [0.29, 0.717) is 0 Å². The molecule has 114 valence electrons. The van der Waals surface area contributed by atoms with Crippen LogP contribution in [-0.2, 0) is 4.79 Å². The number of aryl methyl sites for hydroxylation is 1. The molecule has 1 aromatic rings. The Morgan fingerprint density at radius 3 is 2.27 bits per heavy atom. The lowest BCUT2D eigenvalue weighted by Crippen LogP contribution is -2.40. The number of amides is 1. The number of nitriles is 2. The van der Waals surface area contributed by atoms with E-state index in [2.05, 4.69) is 5.32 Å². The predicted molar refractivity (Wildman–Crippen MR) is 83.7 cm³/mol. The highest BCUT2D eigenvalue weighted by Crippen LogP contribution is 2.26. The van der Waals surface area contributed by atoms with E-state index in [0.717, 1.165) is 36.8 Å². The maximum atomic E-state index is 12.6. The van der Waals surface area contributed by atoms with E-state index in [1.807, 2.05) is 43.3 Å². The van der Waals surface area contributed by atoms with Gasteiger partial charge in [-0.15, -0.1) is 0 Å². The molecule has 1 unspecified atom stereocenters. The van der Waals surface area contributed by atoms with Crippen molar-refractivity contribution in [2.75, 3.05) is 0 Å². The zero-order valence-electron chi connectivity index (χ0n) is 12.9. The first-order valence-electron chi connectivity index (χ1n) is 7.82. The second-order valence-electron chi connectivity index (χ2n) is 5.97. The Kier molecular flexibility index (Phi) is 5.55. The van der Waals surface area contributed by atoms with Crippen molar-refractivity contribution in [3.05, 3.63) is 35.4 Å². The fraction of sp³-hybridized carbons (Fsp3) is 0.500. The summed E-state index contributed by atoms with van der Waals surface area (Å²) in [7, 11) is 0. The van der Waals surface area contributed by atoms with Crippen LogP contribution in [0.15, 0.2) is 24.3 Å². The summed E-state index contributed by atoms with van der Waals surface area (Å²) in [6.07, 6.45) is 5.43. The van der Waals surface area contributed by atoms with E-state index in [1.54, 1.807) is 0 Å². The fourth-order valence-electron chi connectivity index (χ4n) is 2.98. The molecule has 0 radical (unpaired) electrons. The predicted octanol–water partition coefficient (Wildman–Crippen LogP) is 3.19. The average Bonchev–Trinajstić information content (AvgIpc) is 2.54. The highest BCUT2D eigenvalue weighted by atomic mass is 16.2. The molecule has 4 heteroatoms. The van der Waals surface area contributed by atoms with Crippen LogP contribution in [0.5, 0.6) is 0 Å². The van der Waals surface area contributed by atoms with Gasteiger partial charge in [0.25, 0.3) is 0 Å². The zero-order valence-corrected chi connectivity index (χ0v) is 12.9. The quantitative estimate of drug-likeness (QED) is 0.926. The third kappa shape index (κ3) is 3.86. The minimum Gasteiger partial charge on any atom is -0.353 e.